The third kappa shape index (κ3) is 3.43. The van der Waals surface area contributed by atoms with Crippen LogP contribution < -0.4 is 10.5 Å². The molecule has 3 N–H and O–H groups in total. The van der Waals surface area contributed by atoms with Crippen molar-refractivity contribution in [2.24, 2.45) is 5.73 Å². The van der Waals surface area contributed by atoms with Gasteiger partial charge < -0.3 is 5.73 Å². The van der Waals surface area contributed by atoms with Crippen molar-refractivity contribution < 1.29 is 13.2 Å². The Morgan fingerprint density at radius 1 is 1.11 bits per heavy atom. The average molecular weight is 382 g/mol. The van der Waals surface area contributed by atoms with E-state index in [4.69, 9.17) is 5.73 Å². The Balaban J connectivity index is 1.69. The molecule has 4 rings (SSSR count). The standard InChI is InChI=1S/C19H18N4O3S/c20-19(24)17-12-21-23(18(17)13-9-10-13)15-6-4-5-14(11-15)22-27(25,26)16-7-2-1-3-8-16/h1-8,11-13,22H,9-10H2,(H2,20,24). The second kappa shape index (κ2) is 6.55. The third-order valence-electron chi connectivity index (χ3n) is 4.43. The van der Waals surface area contributed by atoms with Crippen molar-refractivity contribution in [3.63, 3.8) is 0 Å². The number of carbonyl (C=O) groups excluding carboxylic acids is 1. The molecule has 27 heavy (non-hydrogen) atoms. The smallest absolute Gasteiger partial charge is 0.261 e. The molecular weight excluding hydrogens is 364 g/mol. The monoisotopic (exact) mass is 382 g/mol. The normalized spacial score (nSPS) is 14.1. The van der Waals surface area contributed by atoms with Crippen molar-refractivity contribution in [1.82, 2.24) is 9.78 Å². The summed E-state index contributed by atoms with van der Waals surface area (Å²) < 4.78 is 29.3. The third-order valence-corrected chi connectivity index (χ3v) is 5.83. The zero-order chi connectivity index (χ0) is 19.0. The molecule has 1 saturated carbocycles. The number of nitrogens with two attached hydrogens (primary N) is 1. The van der Waals surface area contributed by atoms with Crippen LogP contribution >= 0.6 is 0 Å². The molecule has 0 atom stereocenters. The van der Waals surface area contributed by atoms with Crippen LogP contribution in [0, 0.1) is 0 Å². The second-order valence-electron chi connectivity index (χ2n) is 6.46. The Morgan fingerprint density at radius 2 is 1.85 bits per heavy atom. The predicted molar refractivity (Wildman–Crippen MR) is 101 cm³/mol. The fraction of sp³-hybridized carbons (Fsp3) is 0.158. The molecule has 1 amide bonds. The highest BCUT2D eigenvalue weighted by Gasteiger charge is 2.32. The van der Waals surface area contributed by atoms with Crippen LogP contribution in [0.25, 0.3) is 5.69 Å². The number of hydrogen-bond acceptors (Lipinski definition) is 4. The van der Waals surface area contributed by atoms with E-state index < -0.39 is 15.9 Å². The molecule has 1 aliphatic carbocycles. The molecule has 8 heteroatoms. The van der Waals surface area contributed by atoms with Crippen LogP contribution in [-0.2, 0) is 10.0 Å². The van der Waals surface area contributed by atoms with E-state index in [2.05, 4.69) is 9.82 Å². The van der Waals surface area contributed by atoms with E-state index >= 15 is 0 Å². The topological polar surface area (TPSA) is 107 Å². The molecule has 0 saturated heterocycles. The summed E-state index contributed by atoms with van der Waals surface area (Å²) in [7, 11) is -3.69. The maximum Gasteiger partial charge on any atom is 0.261 e. The Kier molecular flexibility index (Phi) is 4.19. The first-order chi connectivity index (χ1) is 13.0. The Labute approximate surface area is 156 Å². The Morgan fingerprint density at radius 3 is 2.52 bits per heavy atom. The van der Waals surface area contributed by atoms with Crippen molar-refractivity contribution in [3.05, 3.63) is 72.1 Å². The number of primary amides is 1. The van der Waals surface area contributed by atoms with Gasteiger partial charge in [0.05, 0.1) is 33.7 Å². The molecule has 1 heterocycles. The lowest BCUT2D eigenvalue weighted by Gasteiger charge is -2.12. The predicted octanol–water partition coefficient (Wildman–Crippen LogP) is 2.65. The average Bonchev–Trinajstić information content (AvgIpc) is 3.39. The molecule has 0 unspecified atom stereocenters. The molecule has 3 aromatic rings. The van der Waals surface area contributed by atoms with Gasteiger partial charge in [0.25, 0.3) is 15.9 Å². The van der Waals surface area contributed by atoms with Crippen molar-refractivity contribution in [3.8, 4) is 5.69 Å². The van der Waals surface area contributed by atoms with Crippen LogP contribution in [-0.4, -0.2) is 24.1 Å². The van der Waals surface area contributed by atoms with E-state index in [0.717, 1.165) is 18.5 Å². The highest BCUT2D eigenvalue weighted by molar-refractivity contribution is 7.92. The van der Waals surface area contributed by atoms with E-state index in [1.54, 1.807) is 41.1 Å². The molecule has 2 aromatic carbocycles. The van der Waals surface area contributed by atoms with Gasteiger partial charge >= 0.3 is 0 Å². The summed E-state index contributed by atoms with van der Waals surface area (Å²) in [6.07, 6.45) is 3.43. The van der Waals surface area contributed by atoms with Crippen molar-refractivity contribution in [1.29, 1.82) is 0 Å². The van der Waals surface area contributed by atoms with Crippen molar-refractivity contribution in [2.45, 2.75) is 23.7 Å². The van der Waals surface area contributed by atoms with Gasteiger partial charge in [0.1, 0.15) is 0 Å². The van der Waals surface area contributed by atoms with Gasteiger partial charge in [0.15, 0.2) is 0 Å². The first kappa shape index (κ1) is 17.3. The van der Waals surface area contributed by atoms with E-state index in [-0.39, 0.29) is 10.8 Å². The second-order valence-corrected chi connectivity index (χ2v) is 8.15. The number of rotatable bonds is 6. The quantitative estimate of drug-likeness (QED) is 0.683. The highest BCUT2D eigenvalue weighted by Crippen LogP contribution is 2.42. The minimum Gasteiger partial charge on any atom is -0.365 e. The van der Waals surface area contributed by atoms with Gasteiger partial charge in [0, 0.05) is 5.92 Å². The number of sulfonamides is 1. The summed E-state index contributed by atoms with van der Waals surface area (Å²) >= 11 is 0. The molecule has 138 valence electrons. The maximum absolute atomic E-state index is 12.5. The van der Waals surface area contributed by atoms with Crippen LogP contribution in [0.5, 0.6) is 0 Å². The largest absolute Gasteiger partial charge is 0.365 e. The first-order valence-corrected chi connectivity index (χ1v) is 10.00. The van der Waals surface area contributed by atoms with Crippen molar-refractivity contribution in [2.75, 3.05) is 4.72 Å². The van der Waals surface area contributed by atoms with E-state index in [1.165, 1.54) is 18.3 Å². The van der Waals surface area contributed by atoms with Gasteiger partial charge in [-0.05, 0) is 43.2 Å². The number of nitrogens with zero attached hydrogens (tertiary/aromatic N) is 2. The highest BCUT2D eigenvalue weighted by atomic mass is 32.2. The minimum atomic E-state index is -3.69. The van der Waals surface area contributed by atoms with E-state index in [1.807, 2.05) is 6.07 Å². The summed E-state index contributed by atoms with van der Waals surface area (Å²) in [6, 6.07) is 15.1. The van der Waals surface area contributed by atoms with Gasteiger partial charge in [-0.1, -0.05) is 24.3 Å². The Bertz CT molecular complexity index is 1100. The summed E-state index contributed by atoms with van der Waals surface area (Å²) in [6.45, 7) is 0. The van der Waals surface area contributed by atoms with Gasteiger partial charge in [-0.15, -0.1) is 0 Å². The molecule has 0 bridgehead atoms. The number of nitrogens with one attached hydrogen (secondary N) is 1. The minimum absolute atomic E-state index is 0.184. The van der Waals surface area contributed by atoms with Gasteiger partial charge in [-0.2, -0.15) is 5.10 Å². The molecule has 0 spiro atoms. The zero-order valence-corrected chi connectivity index (χ0v) is 15.2. The van der Waals surface area contributed by atoms with Crippen molar-refractivity contribution >= 4 is 21.6 Å². The molecule has 0 aliphatic heterocycles. The summed E-state index contributed by atoms with van der Waals surface area (Å²) in [5.74, 6) is -0.260. The van der Waals surface area contributed by atoms with Crippen LogP contribution in [0.3, 0.4) is 0 Å². The van der Waals surface area contributed by atoms with Gasteiger partial charge in [0.2, 0.25) is 0 Å². The maximum atomic E-state index is 12.5. The van der Waals surface area contributed by atoms with Crippen LogP contribution in [0.1, 0.15) is 34.8 Å². The number of hydrogen-bond donors (Lipinski definition) is 2. The Hall–Kier alpha value is -3.13. The molecular formula is C19H18N4O3S. The van der Waals surface area contributed by atoms with E-state index in [9.17, 15) is 13.2 Å². The number of carbonyl (C=O) groups is 1. The number of benzene rings is 2. The fourth-order valence-corrected chi connectivity index (χ4v) is 4.09. The van der Waals surface area contributed by atoms with Crippen LogP contribution in [0.4, 0.5) is 5.69 Å². The fourth-order valence-electron chi connectivity index (χ4n) is 3.02. The van der Waals surface area contributed by atoms with Crippen LogP contribution in [0.15, 0.2) is 65.7 Å². The number of anilines is 1. The molecule has 7 nitrogen and oxygen atoms in total. The lowest BCUT2D eigenvalue weighted by molar-refractivity contribution is 0.0999. The number of amides is 1. The zero-order valence-electron chi connectivity index (χ0n) is 14.4. The first-order valence-electron chi connectivity index (χ1n) is 8.52. The number of aromatic nitrogens is 2. The molecule has 1 aromatic heterocycles. The lowest BCUT2D eigenvalue weighted by Crippen LogP contribution is -2.14. The summed E-state index contributed by atoms with van der Waals surface area (Å²) in [5, 5.41) is 4.30. The SMILES string of the molecule is NC(=O)c1cnn(-c2cccc(NS(=O)(=O)c3ccccc3)c2)c1C1CC1. The molecule has 1 aliphatic rings. The van der Waals surface area contributed by atoms with E-state index in [0.29, 0.717) is 16.9 Å². The summed E-state index contributed by atoms with van der Waals surface area (Å²) in [4.78, 5) is 11.9. The summed E-state index contributed by atoms with van der Waals surface area (Å²) in [5.41, 5.74) is 7.73. The van der Waals surface area contributed by atoms with Gasteiger partial charge in [-0.25, -0.2) is 13.1 Å². The lowest BCUT2D eigenvalue weighted by atomic mass is 10.1. The molecule has 1 fully saturated rings. The molecule has 0 radical (unpaired) electrons. The van der Waals surface area contributed by atoms with Crippen LogP contribution in [0.2, 0.25) is 0 Å². The van der Waals surface area contributed by atoms with Gasteiger partial charge in [-0.3, -0.25) is 9.52 Å².